The summed E-state index contributed by atoms with van der Waals surface area (Å²) in [5.41, 5.74) is 3.43. The monoisotopic (exact) mass is 258 g/mol. The zero-order valence-electron chi connectivity index (χ0n) is 11.1. The van der Waals surface area contributed by atoms with E-state index in [4.69, 9.17) is 5.11 Å². The highest BCUT2D eigenvalue weighted by molar-refractivity contribution is 5.98. The van der Waals surface area contributed by atoms with E-state index in [-0.39, 0.29) is 12.2 Å². The lowest BCUT2D eigenvalue weighted by atomic mass is 9.89. The molecule has 1 aromatic carbocycles. The molecule has 1 N–H and O–H groups in total. The number of aliphatic carboxylic acids is 1. The van der Waals surface area contributed by atoms with E-state index in [0.717, 1.165) is 0 Å². The molecule has 0 spiro atoms. The average molecular weight is 258 g/mol. The fraction of sp³-hybridized carbons (Fsp3) is 0.500. The molecule has 1 fully saturated rings. The van der Waals surface area contributed by atoms with Crippen LogP contribution in [0, 0.1) is 5.92 Å². The molecular weight excluding hydrogens is 240 g/mol. The predicted molar refractivity (Wildman–Crippen MR) is 71.5 cm³/mol. The second-order valence-electron chi connectivity index (χ2n) is 5.92. The number of carboxylic acid groups (broad SMARTS) is 1. The minimum atomic E-state index is -0.909. The van der Waals surface area contributed by atoms with Gasteiger partial charge in [0.15, 0.2) is 5.78 Å². The maximum absolute atomic E-state index is 12.1. The van der Waals surface area contributed by atoms with Gasteiger partial charge in [-0.2, -0.15) is 0 Å². The third-order valence-electron chi connectivity index (χ3n) is 4.63. The number of fused-ring (bicyclic) bond motifs is 5. The van der Waals surface area contributed by atoms with Crippen LogP contribution in [0.25, 0.3) is 0 Å². The van der Waals surface area contributed by atoms with Crippen molar-refractivity contribution < 1.29 is 14.7 Å². The molecule has 0 aromatic heterocycles. The lowest BCUT2D eigenvalue weighted by Gasteiger charge is -2.16. The van der Waals surface area contributed by atoms with Gasteiger partial charge in [0, 0.05) is 12.0 Å². The van der Waals surface area contributed by atoms with Gasteiger partial charge in [-0.1, -0.05) is 19.1 Å². The van der Waals surface area contributed by atoms with Gasteiger partial charge < -0.3 is 5.11 Å². The van der Waals surface area contributed by atoms with Crippen molar-refractivity contribution in [2.24, 2.45) is 5.92 Å². The first kappa shape index (κ1) is 12.4. The Morgan fingerprint density at radius 3 is 2.63 bits per heavy atom. The molecule has 2 aliphatic rings. The highest BCUT2D eigenvalue weighted by atomic mass is 16.4. The van der Waals surface area contributed by atoms with Crippen LogP contribution in [0.4, 0.5) is 0 Å². The Hall–Kier alpha value is -1.64. The normalized spacial score (nSPS) is 25.1. The number of carboxylic acids is 1. The van der Waals surface area contributed by atoms with Crippen molar-refractivity contribution >= 4 is 11.8 Å². The molecule has 2 bridgehead atoms. The van der Waals surface area contributed by atoms with Crippen LogP contribution >= 0.6 is 0 Å². The first-order valence-electron chi connectivity index (χ1n) is 6.96. The largest absolute Gasteiger partial charge is 0.481 e. The summed E-state index contributed by atoms with van der Waals surface area (Å²) in [5.74, 6) is -0.252. The summed E-state index contributed by atoms with van der Waals surface area (Å²) >= 11 is 0. The van der Waals surface area contributed by atoms with Crippen LogP contribution in [0.15, 0.2) is 18.2 Å². The highest BCUT2D eigenvalue weighted by Crippen LogP contribution is 2.53. The van der Waals surface area contributed by atoms with Crippen LogP contribution in [-0.4, -0.2) is 16.9 Å². The summed E-state index contributed by atoms with van der Waals surface area (Å²) in [5, 5.41) is 8.87. The van der Waals surface area contributed by atoms with Gasteiger partial charge in [0.05, 0.1) is 5.92 Å². The van der Waals surface area contributed by atoms with Gasteiger partial charge in [-0.05, 0) is 48.3 Å². The lowest BCUT2D eigenvalue weighted by Crippen LogP contribution is -2.15. The minimum Gasteiger partial charge on any atom is -0.481 e. The predicted octanol–water partition coefficient (Wildman–Crippen LogP) is 3.34. The van der Waals surface area contributed by atoms with Crippen molar-refractivity contribution in [3.63, 3.8) is 0 Å². The van der Waals surface area contributed by atoms with Crippen LogP contribution in [0.1, 0.15) is 65.9 Å². The number of carbonyl (C=O) groups is 2. The number of ketones is 1. The van der Waals surface area contributed by atoms with Crippen molar-refractivity contribution in [1.29, 1.82) is 0 Å². The summed E-state index contributed by atoms with van der Waals surface area (Å²) < 4.78 is 0. The molecule has 3 nitrogen and oxygen atoms in total. The molecule has 3 rings (SSSR count). The van der Waals surface area contributed by atoms with Crippen molar-refractivity contribution in [3.8, 4) is 0 Å². The molecule has 3 unspecified atom stereocenters. The fourth-order valence-electron chi connectivity index (χ4n) is 3.50. The number of hydrogen-bond donors (Lipinski definition) is 1. The molecule has 3 atom stereocenters. The van der Waals surface area contributed by atoms with Crippen molar-refractivity contribution in [3.05, 3.63) is 34.9 Å². The third-order valence-corrected chi connectivity index (χ3v) is 4.63. The topological polar surface area (TPSA) is 54.4 Å². The fourth-order valence-corrected chi connectivity index (χ4v) is 3.50. The molecular formula is C16H18O3. The second-order valence-corrected chi connectivity index (χ2v) is 5.92. The van der Waals surface area contributed by atoms with Gasteiger partial charge in [0.1, 0.15) is 0 Å². The van der Waals surface area contributed by atoms with E-state index in [2.05, 4.69) is 6.07 Å². The Labute approximate surface area is 112 Å². The molecule has 0 heterocycles. The van der Waals surface area contributed by atoms with E-state index >= 15 is 0 Å². The molecule has 1 aromatic rings. The summed E-state index contributed by atoms with van der Waals surface area (Å²) in [4.78, 5) is 22.9. The highest BCUT2D eigenvalue weighted by Gasteiger charge is 2.36. The molecule has 2 aliphatic carbocycles. The third kappa shape index (κ3) is 2.07. The maximum atomic E-state index is 12.1. The SMILES string of the molecule is CC(CC(=O)c1ccc2c(c1)C1CCC2C1)C(=O)O. The molecule has 3 heteroatoms. The lowest BCUT2D eigenvalue weighted by molar-refractivity contribution is -0.141. The van der Waals surface area contributed by atoms with Gasteiger partial charge in [-0.3, -0.25) is 9.59 Å². The average Bonchev–Trinajstić information content (AvgIpc) is 2.99. The molecule has 19 heavy (non-hydrogen) atoms. The second kappa shape index (κ2) is 4.48. The zero-order chi connectivity index (χ0) is 13.6. The maximum Gasteiger partial charge on any atom is 0.306 e. The smallest absolute Gasteiger partial charge is 0.306 e. The van der Waals surface area contributed by atoms with Gasteiger partial charge in [0.2, 0.25) is 0 Å². The minimum absolute atomic E-state index is 0.0551. The molecule has 0 saturated heterocycles. The Kier molecular flexibility index (Phi) is 2.92. The van der Waals surface area contributed by atoms with E-state index in [0.29, 0.717) is 17.4 Å². The number of hydrogen-bond acceptors (Lipinski definition) is 2. The van der Waals surface area contributed by atoms with E-state index in [1.807, 2.05) is 12.1 Å². The quantitative estimate of drug-likeness (QED) is 0.843. The number of rotatable bonds is 4. The Morgan fingerprint density at radius 1 is 1.26 bits per heavy atom. The van der Waals surface area contributed by atoms with Crippen molar-refractivity contribution in [1.82, 2.24) is 0 Å². The van der Waals surface area contributed by atoms with Crippen LogP contribution in [-0.2, 0) is 4.79 Å². The first-order valence-corrected chi connectivity index (χ1v) is 6.96. The Morgan fingerprint density at radius 2 is 1.95 bits per heavy atom. The molecule has 0 amide bonds. The summed E-state index contributed by atoms with van der Waals surface area (Å²) in [6, 6.07) is 5.96. The summed E-state index contributed by atoms with van der Waals surface area (Å²) in [6.07, 6.45) is 3.84. The van der Waals surface area contributed by atoms with Crippen molar-refractivity contribution in [2.75, 3.05) is 0 Å². The Balaban J connectivity index is 1.81. The van der Waals surface area contributed by atoms with Crippen LogP contribution in [0.5, 0.6) is 0 Å². The van der Waals surface area contributed by atoms with Crippen LogP contribution < -0.4 is 0 Å². The molecule has 100 valence electrons. The summed E-state index contributed by atoms with van der Waals surface area (Å²) in [7, 11) is 0. The van der Waals surface area contributed by atoms with E-state index in [1.165, 1.54) is 30.4 Å². The van der Waals surface area contributed by atoms with Crippen molar-refractivity contribution in [2.45, 2.75) is 44.4 Å². The number of Topliss-reactive ketones (excluding diaryl/α,β-unsaturated/α-hetero) is 1. The van der Waals surface area contributed by atoms with Gasteiger partial charge >= 0.3 is 5.97 Å². The van der Waals surface area contributed by atoms with E-state index < -0.39 is 11.9 Å². The first-order chi connectivity index (χ1) is 9.06. The molecule has 0 radical (unpaired) electrons. The number of carbonyl (C=O) groups excluding carboxylic acids is 1. The zero-order valence-corrected chi connectivity index (χ0v) is 11.1. The van der Waals surface area contributed by atoms with E-state index in [1.54, 1.807) is 6.92 Å². The summed E-state index contributed by atoms with van der Waals surface area (Å²) in [6.45, 7) is 1.58. The van der Waals surface area contributed by atoms with Gasteiger partial charge in [-0.25, -0.2) is 0 Å². The standard InChI is InChI=1S/C16H18O3/c1-9(16(18)19)6-15(17)12-4-5-13-10-2-3-11(7-10)14(13)8-12/h4-5,8-11H,2-3,6-7H2,1H3,(H,18,19). The van der Waals surface area contributed by atoms with Gasteiger partial charge in [-0.15, -0.1) is 0 Å². The Bertz CT molecular complexity index is 547. The van der Waals surface area contributed by atoms with E-state index in [9.17, 15) is 9.59 Å². The molecule has 1 saturated carbocycles. The number of benzene rings is 1. The van der Waals surface area contributed by atoms with Crippen LogP contribution in [0.2, 0.25) is 0 Å². The van der Waals surface area contributed by atoms with Gasteiger partial charge in [0.25, 0.3) is 0 Å². The molecule has 0 aliphatic heterocycles. The van der Waals surface area contributed by atoms with Crippen LogP contribution in [0.3, 0.4) is 0 Å².